The lowest BCUT2D eigenvalue weighted by atomic mass is 10.1. The highest BCUT2D eigenvalue weighted by atomic mass is 16.7. The molecule has 0 saturated heterocycles. The van der Waals surface area contributed by atoms with Crippen molar-refractivity contribution in [2.24, 2.45) is 0 Å². The molecule has 0 radical (unpaired) electrons. The van der Waals surface area contributed by atoms with Crippen molar-refractivity contribution >= 4 is 33.7 Å². The molecule has 1 aliphatic heterocycles. The van der Waals surface area contributed by atoms with Gasteiger partial charge < -0.3 is 19.8 Å². The summed E-state index contributed by atoms with van der Waals surface area (Å²) in [6.07, 6.45) is 6.82. The van der Waals surface area contributed by atoms with Gasteiger partial charge in [0.25, 0.3) is 5.91 Å². The van der Waals surface area contributed by atoms with Crippen LogP contribution in [0, 0.1) is 0 Å². The Morgan fingerprint density at radius 2 is 1.67 bits per heavy atom. The first-order chi connectivity index (χ1) is 20.7. The number of carbonyl (C=O) groups is 1. The summed E-state index contributed by atoms with van der Waals surface area (Å²) in [5.74, 6) is 1.74. The molecule has 0 fully saturated rings. The van der Waals surface area contributed by atoms with Gasteiger partial charge in [-0.2, -0.15) is 5.10 Å². The first kappa shape index (κ1) is 23.8. The Hall–Kier alpha value is -6.10. The number of fused-ring (bicyclic) bond motifs is 3. The number of ether oxygens (including phenoxy) is 2. The van der Waals surface area contributed by atoms with E-state index in [1.165, 1.54) is 0 Å². The van der Waals surface area contributed by atoms with E-state index < -0.39 is 0 Å². The number of rotatable bonds is 5. The van der Waals surface area contributed by atoms with Gasteiger partial charge >= 0.3 is 0 Å². The van der Waals surface area contributed by atoms with Crippen molar-refractivity contribution in [3.05, 3.63) is 97.1 Å². The molecule has 0 spiro atoms. The lowest BCUT2D eigenvalue weighted by molar-refractivity contribution is 0.102. The Morgan fingerprint density at radius 1 is 0.786 bits per heavy atom. The van der Waals surface area contributed by atoms with Gasteiger partial charge in [0.2, 0.25) is 6.79 Å². The van der Waals surface area contributed by atoms with Crippen molar-refractivity contribution in [1.29, 1.82) is 0 Å². The lowest BCUT2D eigenvalue weighted by Gasteiger charge is -2.07. The summed E-state index contributed by atoms with van der Waals surface area (Å²) in [5, 5.41) is 10.5. The van der Waals surface area contributed by atoms with Crippen molar-refractivity contribution in [3.8, 4) is 45.4 Å². The van der Waals surface area contributed by atoms with Crippen LogP contribution in [-0.4, -0.2) is 47.8 Å². The normalized spacial score (nSPS) is 12.2. The Labute approximate surface area is 237 Å². The second-order valence-electron chi connectivity index (χ2n) is 9.68. The molecular formula is C31H20N8O3. The van der Waals surface area contributed by atoms with Gasteiger partial charge in [-0.25, -0.2) is 9.97 Å². The molecule has 8 rings (SSSR count). The van der Waals surface area contributed by atoms with E-state index in [1.54, 1.807) is 36.9 Å². The first-order valence-electron chi connectivity index (χ1n) is 13.1. The third-order valence-corrected chi connectivity index (χ3v) is 7.04. The van der Waals surface area contributed by atoms with Crippen LogP contribution in [0.1, 0.15) is 10.4 Å². The van der Waals surface area contributed by atoms with E-state index in [4.69, 9.17) is 19.4 Å². The topological polar surface area (TPSA) is 144 Å². The van der Waals surface area contributed by atoms with Crippen LogP contribution in [0.15, 0.2) is 91.5 Å². The molecule has 6 heterocycles. The number of imidazole rings is 1. The predicted molar refractivity (Wildman–Crippen MR) is 156 cm³/mol. The molecule has 0 saturated carbocycles. The van der Waals surface area contributed by atoms with Gasteiger partial charge in [-0.15, -0.1) is 0 Å². The summed E-state index contributed by atoms with van der Waals surface area (Å²) in [6, 6.07) is 20.4. The van der Waals surface area contributed by atoms with E-state index in [1.807, 2.05) is 54.6 Å². The van der Waals surface area contributed by atoms with Crippen LogP contribution in [-0.2, 0) is 0 Å². The molecule has 0 bridgehead atoms. The maximum Gasteiger partial charge on any atom is 0.255 e. The second kappa shape index (κ2) is 9.52. The number of anilines is 1. The zero-order chi connectivity index (χ0) is 28.0. The molecule has 0 atom stereocenters. The zero-order valence-electron chi connectivity index (χ0n) is 21.8. The Bertz CT molecular complexity index is 2140. The van der Waals surface area contributed by atoms with Gasteiger partial charge in [0.15, 0.2) is 23.0 Å². The van der Waals surface area contributed by atoms with Crippen molar-refractivity contribution in [2.45, 2.75) is 0 Å². The van der Waals surface area contributed by atoms with E-state index in [2.05, 4.69) is 30.5 Å². The molecule has 2 aromatic carbocycles. The van der Waals surface area contributed by atoms with Crippen LogP contribution in [0.3, 0.4) is 0 Å². The maximum absolute atomic E-state index is 12.6. The number of H-pyrrole nitrogens is 2. The summed E-state index contributed by atoms with van der Waals surface area (Å²) in [5.41, 5.74) is 7.78. The van der Waals surface area contributed by atoms with E-state index in [-0.39, 0.29) is 12.7 Å². The first-order valence-corrected chi connectivity index (χ1v) is 13.1. The van der Waals surface area contributed by atoms with Crippen molar-refractivity contribution in [1.82, 2.24) is 35.1 Å². The lowest BCUT2D eigenvalue weighted by Crippen LogP contribution is -2.11. The van der Waals surface area contributed by atoms with E-state index >= 15 is 0 Å². The van der Waals surface area contributed by atoms with Gasteiger partial charge in [0.1, 0.15) is 5.52 Å². The quantitative estimate of drug-likeness (QED) is 0.250. The number of aromatic amines is 2. The molecule has 7 aromatic rings. The van der Waals surface area contributed by atoms with Crippen LogP contribution in [0.4, 0.5) is 5.69 Å². The van der Waals surface area contributed by atoms with Crippen LogP contribution < -0.4 is 14.8 Å². The highest BCUT2D eigenvalue weighted by molar-refractivity contribution is 6.04. The molecule has 3 N–H and O–H groups in total. The second-order valence-corrected chi connectivity index (χ2v) is 9.68. The number of hydrogen-bond acceptors (Lipinski definition) is 8. The summed E-state index contributed by atoms with van der Waals surface area (Å²) in [4.78, 5) is 34.5. The predicted octanol–water partition coefficient (Wildman–Crippen LogP) is 5.61. The number of carbonyl (C=O) groups excluding carboxylic acids is 1. The van der Waals surface area contributed by atoms with Crippen LogP contribution in [0.2, 0.25) is 0 Å². The SMILES string of the molecule is O=C(Nc1cncc(-c2ccc3[nH]nc(-c4nc5c(-c6ccc7c(c6)OCO7)cncc5[nH]4)c3n2)c1)c1ccccc1. The Morgan fingerprint density at radius 3 is 2.60 bits per heavy atom. The Balaban J connectivity index is 1.15. The van der Waals surface area contributed by atoms with Crippen LogP contribution in [0.25, 0.3) is 56.0 Å². The minimum Gasteiger partial charge on any atom is -0.454 e. The number of aromatic nitrogens is 7. The number of amides is 1. The number of benzene rings is 2. The summed E-state index contributed by atoms with van der Waals surface area (Å²) < 4.78 is 11.0. The van der Waals surface area contributed by atoms with Gasteiger partial charge in [-0.1, -0.05) is 24.3 Å². The molecule has 11 nitrogen and oxygen atoms in total. The summed E-state index contributed by atoms with van der Waals surface area (Å²) in [7, 11) is 0. The monoisotopic (exact) mass is 552 g/mol. The van der Waals surface area contributed by atoms with Gasteiger partial charge in [0.05, 0.1) is 40.3 Å². The molecule has 0 aliphatic carbocycles. The molecule has 1 amide bonds. The van der Waals surface area contributed by atoms with E-state index in [9.17, 15) is 4.79 Å². The fraction of sp³-hybridized carbons (Fsp3) is 0.0323. The average molecular weight is 553 g/mol. The largest absolute Gasteiger partial charge is 0.454 e. The molecule has 1 aliphatic rings. The standard InChI is InChI=1S/C31H20N8O3/c40-31(17-4-2-1-3-5-17)34-20-10-19(12-32-13-20)22-7-8-23-28(35-22)29(39-38-23)30-36-24-15-33-14-21(27(24)37-30)18-6-9-25-26(11-18)42-16-41-25/h1-15H,16H2,(H,34,40)(H,36,37)(H,38,39). The minimum absolute atomic E-state index is 0.206. The van der Waals surface area contributed by atoms with E-state index in [0.717, 1.165) is 33.2 Å². The fourth-order valence-electron chi connectivity index (χ4n) is 4.99. The summed E-state index contributed by atoms with van der Waals surface area (Å²) >= 11 is 0. The number of hydrogen-bond donors (Lipinski definition) is 3. The molecule has 11 heteroatoms. The minimum atomic E-state index is -0.213. The molecule has 202 valence electrons. The number of pyridine rings is 3. The Kier molecular flexibility index (Phi) is 5.39. The third kappa shape index (κ3) is 4.07. The molecule has 42 heavy (non-hydrogen) atoms. The number of nitrogens with one attached hydrogen (secondary N) is 3. The zero-order valence-corrected chi connectivity index (χ0v) is 21.8. The highest BCUT2D eigenvalue weighted by Gasteiger charge is 2.19. The fourth-order valence-corrected chi connectivity index (χ4v) is 4.99. The highest BCUT2D eigenvalue weighted by Crippen LogP contribution is 2.38. The van der Waals surface area contributed by atoms with Crippen LogP contribution >= 0.6 is 0 Å². The summed E-state index contributed by atoms with van der Waals surface area (Å²) in [6.45, 7) is 0.206. The molecule has 5 aromatic heterocycles. The van der Waals surface area contributed by atoms with Crippen molar-refractivity contribution in [2.75, 3.05) is 12.1 Å². The van der Waals surface area contributed by atoms with Gasteiger partial charge in [-0.3, -0.25) is 19.9 Å². The van der Waals surface area contributed by atoms with Crippen molar-refractivity contribution in [3.63, 3.8) is 0 Å². The van der Waals surface area contributed by atoms with Crippen LogP contribution in [0.5, 0.6) is 11.5 Å². The van der Waals surface area contributed by atoms with Gasteiger partial charge in [-0.05, 0) is 48.0 Å². The number of nitrogens with zero attached hydrogens (tertiary/aromatic N) is 5. The molecule has 0 unspecified atom stereocenters. The maximum atomic E-state index is 12.6. The third-order valence-electron chi connectivity index (χ3n) is 7.04. The average Bonchev–Trinajstić information content (AvgIpc) is 3.78. The van der Waals surface area contributed by atoms with Crippen molar-refractivity contribution < 1.29 is 14.3 Å². The van der Waals surface area contributed by atoms with E-state index in [0.29, 0.717) is 45.5 Å². The van der Waals surface area contributed by atoms with Gasteiger partial charge in [0, 0.05) is 29.1 Å². The molecular weight excluding hydrogens is 532 g/mol. The smallest absolute Gasteiger partial charge is 0.255 e.